The molecule has 1 aromatic carbocycles. The van der Waals surface area contributed by atoms with E-state index < -0.39 is 28.9 Å². The number of Topliss-reactive ketones (excluding diaryl/α,β-unsaturated/α-hetero) is 2. The van der Waals surface area contributed by atoms with E-state index in [0.717, 1.165) is 11.0 Å². The molecule has 6 heteroatoms. The van der Waals surface area contributed by atoms with Crippen LogP contribution in [0.2, 0.25) is 0 Å². The van der Waals surface area contributed by atoms with Crippen LogP contribution in [0.3, 0.4) is 0 Å². The van der Waals surface area contributed by atoms with Crippen LogP contribution in [-0.2, 0) is 9.59 Å². The van der Waals surface area contributed by atoms with Gasteiger partial charge in [-0.3, -0.25) is 19.3 Å². The molecule has 1 heterocycles. The van der Waals surface area contributed by atoms with Crippen LogP contribution in [0.1, 0.15) is 30.6 Å². The summed E-state index contributed by atoms with van der Waals surface area (Å²) in [5.41, 5.74) is -0.637. The average Bonchev–Trinajstić information content (AvgIpc) is 2.62. The van der Waals surface area contributed by atoms with Crippen molar-refractivity contribution in [2.24, 2.45) is 5.92 Å². The van der Waals surface area contributed by atoms with Gasteiger partial charge in [-0.1, -0.05) is 13.8 Å². The summed E-state index contributed by atoms with van der Waals surface area (Å²) in [7, 11) is 0. The summed E-state index contributed by atoms with van der Waals surface area (Å²) >= 11 is 0. The summed E-state index contributed by atoms with van der Waals surface area (Å²) in [4.78, 5) is 36.2. The van der Waals surface area contributed by atoms with Gasteiger partial charge in [0, 0.05) is 12.0 Å². The minimum Gasteiger partial charge on any atom is -0.297 e. The monoisotopic (exact) mass is 281 g/mol. The van der Waals surface area contributed by atoms with Gasteiger partial charge in [-0.15, -0.1) is 0 Å². The maximum atomic E-state index is 13.6. The maximum absolute atomic E-state index is 13.6. The molecule has 20 heavy (non-hydrogen) atoms. The van der Waals surface area contributed by atoms with Crippen molar-refractivity contribution in [3.63, 3.8) is 0 Å². The van der Waals surface area contributed by atoms with Crippen molar-refractivity contribution in [2.45, 2.75) is 20.3 Å². The number of ketones is 2. The second-order valence-corrected chi connectivity index (χ2v) is 4.78. The summed E-state index contributed by atoms with van der Waals surface area (Å²) in [6.45, 7) is 3.15. The fourth-order valence-electron chi connectivity index (χ4n) is 2.03. The number of hydrogen-bond donors (Lipinski definition) is 0. The molecule has 0 saturated carbocycles. The SMILES string of the molecule is CCC(C)C(=O)CN1C(=O)C(=O)c2c(F)cc(F)cc21. The lowest BCUT2D eigenvalue weighted by molar-refractivity contribution is -0.123. The van der Waals surface area contributed by atoms with Crippen LogP contribution in [0.25, 0.3) is 0 Å². The Bertz CT molecular complexity index is 613. The first-order valence-electron chi connectivity index (χ1n) is 6.24. The molecular formula is C14H13F2NO3. The Hall–Kier alpha value is -2.11. The number of carbonyl (C=O) groups excluding carboxylic acids is 3. The fraction of sp³-hybridized carbons (Fsp3) is 0.357. The van der Waals surface area contributed by atoms with Gasteiger partial charge in [-0.05, 0) is 12.5 Å². The van der Waals surface area contributed by atoms with Gasteiger partial charge < -0.3 is 0 Å². The number of carbonyl (C=O) groups is 3. The van der Waals surface area contributed by atoms with Crippen molar-refractivity contribution in [1.82, 2.24) is 0 Å². The molecule has 0 aromatic heterocycles. The first kappa shape index (κ1) is 14.3. The average molecular weight is 281 g/mol. The molecule has 106 valence electrons. The van der Waals surface area contributed by atoms with Crippen molar-refractivity contribution in [1.29, 1.82) is 0 Å². The number of amides is 1. The first-order chi connectivity index (χ1) is 9.36. The lowest BCUT2D eigenvalue weighted by Crippen LogP contribution is -2.36. The molecular weight excluding hydrogens is 268 g/mol. The van der Waals surface area contributed by atoms with E-state index in [1.54, 1.807) is 6.92 Å². The molecule has 1 aliphatic rings. The third-order valence-electron chi connectivity index (χ3n) is 3.47. The molecule has 0 spiro atoms. The van der Waals surface area contributed by atoms with E-state index in [9.17, 15) is 23.2 Å². The molecule has 0 bridgehead atoms. The highest BCUT2D eigenvalue weighted by atomic mass is 19.1. The van der Waals surface area contributed by atoms with Gasteiger partial charge in [0.05, 0.1) is 17.8 Å². The Balaban J connectivity index is 2.41. The van der Waals surface area contributed by atoms with Crippen molar-refractivity contribution in [3.8, 4) is 0 Å². The van der Waals surface area contributed by atoms with Gasteiger partial charge in [0.15, 0.2) is 5.78 Å². The standard InChI is InChI=1S/C14H13F2NO3/c1-3-7(2)11(18)6-17-10-5-8(15)4-9(16)12(10)13(19)14(17)20/h4-5,7H,3,6H2,1-2H3. The van der Waals surface area contributed by atoms with Crippen molar-refractivity contribution < 1.29 is 23.2 Å². The van der Waals surface area contributed by atoms with Crippen LogP contribution in [0.15, 0.2) is 12.1 Å². The highest BCUT2D eigenvalue weighted by Gasteiger charge is 2.39. The zero-order valence-corrected chi connectivity index (χ0v) is 11.1. The third-order valence-corrected chi connectivity index (χ3v) is 3.47. The summed E-state index contributed by atoms with van der Waals surface area (Å²) < 4.78 is 26.8. The number of fused-ring (bicyclic) bond motifs is 1. The summed E-state index contributed by atoms with van der Waals surface area (Å²) in [5.74, 6) is -4.58. The van der Waals surface area contributed by atoms with E-state index in [1.165, 1.54) is 0 Å². The fourth-order valence-corrected chi connectivity index (χ4v) is 2.03. The van der Waals surface area contributed by atoms with Gasteiger partial charge in [0.1, 0.15) is 11.6 Å². The predicted octanol–water partition coefficient (Wildman–Crippen LogP) is 2.11. The quantitative estimate of drug-likeness (QED) is 0.794. The Morgan fingerprint density at radius 3 is 2.55 bits per heavy atom. The highest BCUT2D eigenvalue weighted by molar-refractivity contribution is 6.52. The van der Waals surface area contributed by atoms with Crippen LogP contribution in [0, 0.1) is 17.6 Å². The van der Waals surface area contributed by atoms with E-state index in [4.69, 9.17) is 0 Å². The van der Waals surface area contributed by atoms with E-state index in [0.29, 0.717) is 12.5 Å². The van der Waals surface area contributed by atoms with Gasteiger partial charge in [0.2, 0.25) is 0 Å². The first-order valence-corrected chi connectivity index (χ1v) is 6.24. The third kappa shape index (κ3) is 2.21. The number of anilines is 1. The van der Waals surface area contributed by atoms with E-state index in [2.05, 4.69) is 0 Å². The van der Waals surface area contributed by atoms with Crippen molar-refractivity contribution in [2.75, 3.05) is 11.4 Å². The minimum atomic E-state index is -1.09. The van der Waals surface area contributed by atoms with Crippen LogP contribution < -0.4 is 4.90 Å². The van der Waals surface area contributed by atoms with E-state index in [-0.39, 0.29) is 23.9 Å². The summed E-state index contributed by atoms with van der Waals surface area (Å²) in [6, 6.07) is 1.44. The van der Waals surface area contributed by atoms with E-state index >= 15 is 0 Å². The van der Waals surface area contributed by atoms with Gasteiger partial charge >= 0.3 is 0 Å². The van der Waals surface area contributed by atoms with Crippen molar-refractivity contribution in [3.05, 3.63) is 29.3 Å². The Morgan fingerprint density at radius 1 is 1.30 bits per heavy atom. The summed E-state index contributed by atoms with van der Waals surface area (Å²) in [5, 5.41) is 0. The number of nitrogens with zero attached hydrogens (tertiary/aromatic N) is 1. The van der Waals surface area contributed by atoms with Gasteiger partial charge in [-0.25, -0.2) is 8.78 Å². The maximum Gasteiger partial charge on any atom is 0.300 e. The molecule has 1 aromatic rings. The number of rotatable bonds is 4. The molecule has 2 rings (SSSR count). The highest BCUT2D eigenvalue weighted by Crippen LogP contribution is 2.32. The predicted molar refractivity (Wildman–Crippen MR) is 67.5 cm³/mol. The lowest BCUT2D eigenvalue weighted by atomic mass is 10.0. The van der Waals surface area contributed by atoms with Crippen molar-refractivity contribution >= 4 is 23.2 Å². The van der Waals surface area contributed by atoms with Crippen LogP contribution in [-0.4, -0.2) is 24.0 Å². The Labute approximate surface area is 114 Å². The van der Waals surface area contributed by atoms with Gasteiger partial charge in [-0.2, -0.15) is 0 Å². The lowest BCUT2D eigenvalue weighted by Gasteiger charge is -2.17. The topological polar surface area (TPSA) is 54.5 Å². The zero-order chi connectivity index (χ0) is 15.0. The zero-order valence-electron chi connectivity index (χ0n) is 11.1. The normalized spacial score (nSPS) is 15.5. The molecule has 0 N–H and O–H groups in total. The number of hydrogen-bond acceptors (Lipinski definition) is 3. The van der Waals surface area contributed by atoms with Crippen LogP contribution >= 0.6 is 0 Å². The molecule has 1 aliphatic heterocycles. The van der Waals surface area contributed by atoms with Crippen LogP contribution in [0.4, 0.5) is 14.5 Å². The molecule has 1 atom stereocenters. The second kappa shape index (κ2) is 5.11. The molecule has 0 aliphatic carbocycles. The van der Waals surface area contributed by atoms with Gasteiger partial charge in [0.25, 0.3) is 11.7 Å². The largest absolute Gasteiger partial charge is 0.300 e. The number of benzene rings is 1. The Morgan fingerprint density at radius 2 is 1.95 bits per heavy atom. The second-order valence-electron chi connectivity index (χ2n) is 4.78. The molecule has 1 amide bonds. The van der Waals surface area contributed by atoms with Crippen LogP contribution in [0.5, 0.6) is 0 Å². The molecule has 0 radical (unpaired) electrons. The Kier molecular flexibility index (Phi) is 3.65. The summed E-state index contributed by atoms with van der Waals surface area (Å²) in [6.07, 6.45) is 0.583. The minimum absolute atomic E-state index is 0.172. The molecule has 0 fully saturated rings. The number of halogens is 2. The smallest absolute Gasteiger partial charge is 0.297 e. The van der Waals surface area contributed by atoms with E-state index in [1.807, 2.05) is 6.92 Å². The molecule has 1 unspecified atom stereocenters. The molecule has 0 saturated heterocycles. The molecule has 4 nitrogen and oxygen atoms in total.